The Morgan fingerprint density at radius 2 is 2.14 bits per heavy atom. The molecule has 2 saturated heterocycles. The number of urea groups is 1. The number of likely N-dealkylation sites (tertiary alicyclic amines) is 1. The molecule has 21 heavy (non-hydrogen) atoms. The number of carbonyl (C=O) groups excluding carboxylic acids is 1. The molecule has 120 valence electrons. The van der Waals surface area contributed by atoms with Gasteiger partial charge in [-0.1, -0.05) is 6.92 Å². The molecule has 0 aromatic heterocycles. The minimum atomic E-state index is -0.925. The number of hydrogen-bond donors (Lipinski definition) is 2. The van der Waals surface area contributed by atoms with Gasteiger partial charge in [-0.15, -0.1) is 0 Å². The van der Waals surface area contributed by atoms with Crippen LogP contribution in [-0.2, 0) is 9.53 Å². The van der Waals surface area contributed by atoms with E-state index in [9.17, 15) is 19.8 Å². The van der Waals surface area contributed by atoms with Gasteiger partial charge in [-0.3, -0.25) is 4.79 Å². The van der Waals surface area contributed by atoms with Crippen LogP contribution in [0.3, 0.4) is 0 Å². The number of aliphatic carboxylic acids is 1. The molecular formula is C14H24N2O5. The molecule has 0 radical (unpaired) electrons. The first-order valence-electron chi connectivity index (χ1n) is 7.58. The number of rotatable bonds is 5. The van der Waals surface area contributed by atoms with E-state index in [2.05, 4.69) is 0 Å². The number of ether oxygens (including phenoxy) is 1. The van der Waals surface area contributed by atoms with Crippen LogP contribution in [0.4, 0.5) is 4.79 Å². The van der Waals surface area contributed by atoms with Gasteiger partial charge >= 0.3 is 12.0 Å². The fourth-order valence-electron chi connectivity index (χ4n) is 3.17. The van der Waals surface area contributed by atoms with Crippen LogP contribution in [0.5, 0.6) is 0 Å². The van der Waals surface area contributed by atoms with Gasteiger partial charge in [0.05, 0.1) is 31.9 Å². The molecule has 2 heterocycles. The average Bonchev–Trinajstić information content (AvgIpc) is 3.11. The fourth-order valence-corrected chi connectivity index (χ4v) is 3.17. The second kappa shape index (κ2) is 7.09. The van der Waals surface area contributed by atoms with E-state index in [4.69, 9.17) is 4.74 Å². The van der Waals surface area contributed by atoms with Gasteiger partial charge < -0.3 is 24.7 Å². The molecular weight excluding hydrogens is 276 g/mol. The summed E-state index contributed by atoms with van der Waals surface area (Å²) < 4.78 is 5.28. The predicted molar refractivity (Wildman–Crippen MR) is 74.9 cm³/mol. The summed E-state index contributed by atoms with van der Waals surface area (Å²) in [5.74, 6) is -1.60. The second-order valence-electron chi connectivity index (χ2n) is 5.70. The topological polar surface area (TPSA) is 90.3 Å². The van der Waals surface area contributed by atoms with E-state index in [0.29, 0.717) is 13.1 Å². The van der Waals surface area contributed by atoms with Gasteiger partial charge in [0.1, 0.15) is 5.92 Å². The third-order valence-electron chi connectivity index (χ3n) is 4.31. The van der Waals surface area contributed by atoms with E-state index < -0.39 is 17.9 Å². The van der Waals surface area contributed by atoms with Crippen molar-refractivity contribution in [1.82, 2.24) is 9.80 Å². The van der Waals surface area contributed by atoms with Crippen LogP contribution in [0.25, 0.3) is 0 Å². The molecule has 2 rings (SSSR count). The molecule has 3 atom stereocenters. The first-order valence-corrected chi connectivity index (χ1v) is 7.58. The average molecular weight is 300 g/mol. The summed E-state index contributed by atoms with van der Waals surface area (Å²) in [7, 11) is 0. The standard InChI is InChI=1S/C14H24N2O5/c1-2-5-16(12-9-21-8-11(12)13(18)19)14(20)15-6-3-4-10(15)7-17/h10-12,17H,2-9H2,1H3,(H,18,19). The Hall–Kier alpha value is -1.34. The molecule has 3 unspecified atom stereocenters. The number of amides is 2. The monoisotopic (exact) mass is 300 g/mol. The first kappa shape index (κ1) is 16.0. The van der Waals surface area contributed by atoms with Crippen molar-refractivity contribution in [3.8, 4) is 0 Å². The third-order valence-corrected chi connectivity index (χ3v) is 4.31. The zero-order valence-corrected chi connectivity index (χ0v) is 12.4. The summed E-state index contributed by atoms with van der Waals surface area (Å²) in [6.45, 7) is 3.45. The predicted octanol–water partition coefficient (Wildman–Crippen LogP) is 0.375. The Bertz CT molecular complexity index is 390. The molecule has 0 saturated carbocycles. The summed E-state index contributed by atoms with van der Waals surface area (Å²) in [5.41, 5.74) is 0. The molecule has 2 N–H and O–H groups in total. The zero-order valence-electron chi connectivity index (χ0n) is 12.4. The minimum absolute atomic E-state index is 0.0464. The maximum absolute atomic E-state index is 12.8. The lowest BCUT2D eigenvalue weighted by Crippen LogP contribution is -2.53. The SMILES string of the molecule is CCCN(C(=O)N1CCCC1CO)C1COCC1C(=O)O. The Kier molecular flexibility index (Phi) is 5.41. The van der Waals surface area contributed by atoms with E-state index in [1.54, 1.807) is 9.80 Å². The van der Waals surface area contributed by atoms with Crippen LogP contribution in [0.2, 0.25) is 0 Å². The summed E-state index contributed by atoms with van der Waals surface area (Å²) in [6, 6.07) is -0.743. The lowest BCUT2D eigenvalue weighted by Gasteiger charge is -2.35. The van der Waals surface area contributed by atoms with E-state index in [1.165, 1.54) is 0 Å². The van der Waals surface area contributed by atoms with Crippen LogP contribution in [0.15, 0.2) is 0 Å². The fraction of sp³-hybridized carbons (Fsp3) is 0.857. The lowest BCUT2D eigenvalue weighted by atomic mass is 10.0. The molecule has 2 aliphatic heterocycles. The van der Waals surface area contributed by atoms with Crippen molar-refractivity contribution in [2.45, 2.75) is 38.3 Å². The minimum Gasteiger partial charge on any atom is -0.481 e. The van der Waals surface area contributed by atoms with Gasteiger partial charge in [0, 0.05) is 13.1 Å². The summed E-state index contributed by atoms with van der Waals surface area (Å²) in [6.07, 6.45) is 2.43. The Balaban J connectivity index is 2.14. The number of nitrogens with zero attached hydrogens (tertiary/aromatic N) is 2. The molecule has 0 aromatic rings. The number of aliphatic hydroxyl groups excluding tert-OH is 1. The zero-order chi connectivity index (χ0) is 15.4. The molecule has 0 bridgehead atoms. The molecule has 2 amide bonds. The molecule has 0 aliphatic carbocycles. The van der Waals surface area contributed by atoms with E-state index in [0.717, 1.165) is 19.3 Å². The van der Waals surface area contributed by atoms with Gasteiger partial charge in [-0.05, 0) is 19.3 Å². The van der Waals surface area contributed by atoms with Crippen molar-refractivity contribution in [2.75, 3.05) is 32.9 Å². The highest BCUT2D eigenvalue weighted by Crippen LogP contribution is 2.25. The van der Waals surface area contributed by atoms with Crippen LogP contribution in [-0.4, -0.2) is 77.0 Å². The van der Waals surface area contributed by atoms with Gasteiger partial charge in [0.15, 0.2) is 0 Å². The van der Waals surface area contributed by atoms with Crippen LogP contribution >= 0.6 is 0 Å². The maximum atomic E-state index is 12.8. The van der Waals surface area contributed by atoms with Crippen molar-refractivity contribution >= 4 is 12.0 Å². The lowest BCUT2D eigenvalue weighted by molar-refractivity contribution is -0.142. The molecule has 2 aliphatic rings. The third kappa shape index (κ3) is 3.29. The van der Waals surface area contributed by atoms with E-state index >= 15 is 0 Å². The molecule has 7 nitrogen and oxygen atoms in total. The Morgan fingerprint density at radius 1 is 1.38 bits per heavy atom. The molecule has 2 fully saturated rings. The van der Waals surface area contributed by atoms with Crippen LogP contribution in [0, 0.1) is 5.92 Å². The van der Waals surface area contributed by atoms with Crippen molar-refractivity contribution in [3.63, 3.8) is 0 Å². The number of carboxylic acid groups (broad SMARTS) is 1. The van der Waals surface area contributed by atoms with E-state index in [1.807, 2.05) is 6.92 Å². The van der Waals surface area contributed by atoms with Gasteiger partial charge in [-0.25, -0.2) is 4.79 Å². The Morgan fingerprint density at radius 3 is 2.76 bits per heavy atom. The highest BCUT2D eigenvalue weighted by molar-refractivity contribution is 5.78. The van der Waals surface area contributed by atoms with Crippen LogP contribution < -0.4 is 0 Å². The van der Waals surface area contributed by atoms with Crippen molar-refractivity contribution in [2.24, 2.45) is 5.92 Å². The Labute approximate surface area is 124 Å². The largest absolute Gasteiger partial charge is 0.481 e. The number of carboxylic acids is 1. The highest BCUT2D eigenvalue weighted by Gasteiger charge is 2.42. The normalized spacial score (nSPS) is 28.9. The number of carbonyl (C=O) groups is 2. The number of hydrogen-bond acceptors (Lipinski definition) is 4. The number of aliphatic hydroxyl groups is 1. The quantitative estimate of drug-likeness (QED) is 0.766. The van der Waals surface area contributed by atoms with Gasteiger partial charge in [-0.2, -0.15) is 0 Å². The van der Waals surface area contributed by atoms with Crippen molar-refractivity contribution in [3.05, 3.63) is 0 Å². The van der Waals surface area contributed by atoms with E-state index in [-0.39, 0.29) is 31.9 Å². The highest BCUT2D eigenvalue weighted by atomic mass is 16.5. The van der Waals surface area contributed by atoms with Crippen LogP contribution in [0.1, 0.15) is 26.2 Å². The molecule has 0 aromatic carbocycles. The first-order chi connectivity index (χ1) is 10.1. The summed E-state index contributed by atoms with van der Waals surface area (Å²) in [4.78, 5) is 27.4. The smallest absolute Gasteiger partial charge is 0.320 e. The van der Waals surface area contributed by atoms with Crippen molar-refractivity contribution in [1.29, 1.82) is 0 Å². The van der Waals surface area contributed by atoms with Gasteiger partial charge in [0.2, 0.25) is 0 Å². The summed E-state index contributed by atoms with van der Waals surface area (Å²) >= 11 is 0. The molecule has 0 spiro atoms. The summed E-state index contributed by atoms with van der Waals surface area (Å²) in [5, 5.41) is 18.6. The second-order valence-corrected chi connectivity index (χ2v) is 5.70. The molecule has 7 heteroatoms. The van der Waals surface area contributed by atoms with Gasteiger partial charge in [0.25, 0.3) is 0 Å². The van der Waals surface area contributed by atoms with Crippen molar-refractivity contribution < 1.29 is 24.5 Å². The maximum Gasteiger partial charge on any atom is 0.320 e.